The van der Waals surface area contributed by atoms with Crippen LogP contribution in [-0.4, -0.2) is 29.8 Å². The van der Waals surface area contributed by atoms with Gasteiger partial charge in [0.2, 0.25) is 0 Å². The molecule has 2 rings (SSSR count). The topological polar surface area (TPSA) is 70.6 Å². The van der Waals surface area contributed by atoms with Crippen molar-refractivity contribution in [2.45, 2.75) is 32.4 Å². The highest BCUT2D eigenvalue weighted by Gasteiger charge is 2.20. The molecule has 0 radical (unpaired) electrons. The molecule has 0 bridgehead atoms. The van der Waals surface area contributed by atoms with Crippen molar-refractivity contribution in [1.82, 2.24) is 5.32 Å². The van der Waals surface area contributed by atoms with Gasteiger partial charge in [0, 0.05) is 12.1 Å². The van der Waals surface area contributed by atoms with Crippen molar-refractivity contribution in [3.63, 3.8) is 0 Å². The van der Waals surface area contributed by atoms with E-state index in [1.54, 1.807) is 0 Å². The second-order valence-corrected chi connectivity index (χ2v) is 5.09. The lowest BCUT2D eigenvalue weighted by molar-refractivity contribution is -0.118. The number of hydrogen-bond acceptors (Lipinski definition) is 4. The van der Waals surface area contributed by atoms with Crippen molar-refractivity contribution >= 4 is 11.6 Å². The molecule has 0 aromatic heterocycles. The molecule has 1 aromatic rings. The summed E-state index contributed by atoms with van der Waals surface area (Å²) in [7, 11) is 0. The molecule has 1 amide bonds. The van der Waals surface area contributed by atoms with E-state index in [1.807, 2.05) is 32.0 Å². The van der Waals surface area contributed by atoms with Crippen LogP contribution in [0.2, 0.25) is 0 Å². The minimum atomic E-state index is -0.282. The van der Waals surface area contributed by atoms with Gasteiger partial charge in [-0.15, -0.1) is 0 Å². The maximum absolute atomic E-state index is 11.3. The number of amides is 1. The van der Waals surface area contributed by atoms with E-state index in [0.29, 0.717) is 18.0 Å². The summed E-state index contributed by atoms with van der Waals surface area (Å²) < 4.78 is 5.31. The third kappa shape index (κ3) is 3.24. The molecule has 0 fully saturated rings. The lowest BCUT2D eigenvalue weighted by Crippen LogP contribution is -2.44. The van der Waals surface area contributed by atoms with Gasteiger partial charge in [-0.05, 0) is 31.0 Å². The molecule has 0 saturated heterocycles. The van der Waals surface area contributed by atoms with E-state index in [2.05, 4.69) is 10.6 Å². The van der Waals surface area contributed by atoms with E-state index in [4.69, 9.17) is 4.74 Å². The molecule has 1 aliphatic heterocycles. The zero-order valence-electron chi connectivity index (χ0n) is 11.3. The summed E-state index contributed by atoms with van der Waals surface area (Å²) in [6, 6.07) is 5.71. The number of benzene rings is 1. The Labute approximate surface area is 113 Å². The van der Waals surface area contributed by atoms with Gasteiger partial charge >= 0.3 is 0 Å². The third-order valence-electron chi connectivity index (χ3n) is 3.53. The average Bonchev–Trinajstić information content (AvgIpc) is 2.44. The minimum absolute atomic E-state index is 0.0724. The Balaban J connectivity index is 2.06. The molecule has 5 heteroatoms. The first-order valence-electron chi connectivity index (χ1n) is 6.48. The highest BCUT2D eigenvalue weighted by Crippen LogP contribution is 2.28. The van der Waals surface area contributed by atoms with Crippen LogP contribution in [0, 0.1) is 0 Å². The Morgan fingerprint density at radius 3 is 3.00 bits per heavy atom. The molecule has 19 heavy (non-hydrogen) atoms. The van der Waals surface area contributed by atoms with E-state index in [-0.39, 0.29) is 24.7 Å². The van der Waals surface area contributed by atoms with Gasteiger partial charge < -0.3 is 20.5 Å². The van der Waals surface area contributed by atoms with Crippen LogP contribution in [0.4, 0.5) is 5.69 Å². The first-order valence-corrected chi connectivity index (χ1v) is 6.48. The van der Waals surface area contributed by atoms with Crippen molar-refractivity contribution in [2.75, 3.05) is 18.5 Å². The molecule has 0 spiro atoms. The van der Waals surface area contributed by atoms with Gasteiger partial charge in [-0.25, -0.2) is 0 Å². The smallest absolute Gasteiger partial charge is 0.262 e. The Morgan fingerprint density at radius 2 is 2.32 bits per heavy atom. The van der Waals surface area contributed by atoms with Crippen LogP contribution in [0.5, 0.6) is 5.75 Å². The summed E-state index contributed by atoms with van der Waals surface area (Å²) in [5.41, 5.74) is 1.46. The molecule has 1 atom stereocenters. The van der Waals surface area contributed by atoms with Crippen molar-refractivity contribution in [1.29, 1.82) is 0 Å². The number of carbonyl (C=O) groups excluding carboxylic acids is 1. The first-order chi connectivity index (χ1) is 9.06. The molecule has 0 saturated carbocycles. The molecule has 1 unspecified atom stereocenters. The van der Waals surface area contributed by atoms with Gasteiger partial charge in [0.1, 0.15) is 5.75 Å². The molecular formula is C14H20N2O3. The lowest BCUT2D eigenvalue weighted by atomic mass is 10.00. The SMILES string of the molecule is CCC(C)(CO)NCc1ccc2c(c1)NC(=O)CO2. The second-order valence-electron chi connectivity index (χ2n) is 5.09. The molecule has 1 aliphatic rings. The van der Waals surface area contributed by atoms with Crippen LogP contribution in [0.15, 0.2) is 18.2 Å². The summed E-state index contributed by atoms with van der Waals surface area (Å²) in [5.74, 6) is 0.565. The standard InChI is InChI=1S/C14H20N2O3/c1-3-14(2,9-17)15-7-10-4-5-12-11(6-10)16-13(18)8-19-12/h4-6,15,17H,3,7-9H2,1-2H3,(H,16,18). The predicted molar refractivity (Wildman–Crippen MR) is 73.2 cm³/mol. The van der Waals surface area contributed by atoms with Gasteiger partial charge in [0.25, 0.3) is 5.91 Å². The van der Waals surface area contributed by atoms with Gasteiger partial charge in [-0.1, -0.05) is 13.0 Å². The average molecular weight is 264 g/mol. The number of fused-ring (bicyclic) bond motifs is 1. The maximum atomic E-state index is 11.3. The summed E-state index contributed by atoms with van der Waals surface area (Å²) >= 11 is 0. The fourth-order valence-corrected chi connectivity index (χ4v) is 1.85. The van der Waals surface area contributed by atoms with Crippen LogP contribution < -0.4 is 15.4 Å². The van der Waals surface area contributed by atoms with E-state index in [9.17, 15) is 9.90 Å². The normalized spacial score (nSPS) is 17.1. The van der Waals surface area contributed by atoms with Gasteiger partial charge in [-0.3, -0.25) is 4.79 Å². The second kappa shape index (κ2) is 5.59. The highest BCUT2D eigenvalue weighted by molar-refractivity contribution is 5.95. The van der Waals surface area contributed by atoms with Crippen LogP contribution in [0.25, 0.3) is 0 Å². The van der Waals surface area contributed by atoms with Crippen molar-refractivity contribution in [2.24, 2.45) is 0 Å². The van der Waals surface area contributed by atoms with Gasteiger partial charge in [0.05, 0.1) is 12.3 Å². The number of ether oxygens (including phenoxy) is 1. The van der Waals surface area contributed by atoms with Crippen molar-refractivity contribution in [3.05, 3.63) is 23.8 Å². The highest BCUT2D eigenvalue weighted by atomic mass is 16.5. The molecule has 1 heterocycles. The summed E-state index contributed by atoms with van der Waals surface area (Å²) in [6.45, 7) is 4.81. The van der Waals surface area contributed by atoms with Crippen LogP contribution in [0.3, 0.4) is 0 Å². The fourth-order valence-electron chi connectivity index (χ4n) is 1.85. The van der Waals surface area contributed by atoms with Crippen molar-refractivity contribution < 1.29 is 14.6 Å². The third-order valence-corrected chi connectivity index (χ3v) is 3.53. The number of carbonyl (C=O) groups is 1. The molecule has 0 aliphatic carbocycles. The first kappa shape index (κ1) is 13.8. The fraction of sp³-hybridized carbons (Fsp3) is 0.500. The number of anilines is 1. The van der Waals surface area contributed by atoms with E-state index in [0.717, 1.165) is 12.0 Å². The van der Waals surface area contributed by atoms with Crippen LogP contribution >= 0.6 is 0 Å². The number of aliphatic hydroxyl groups excluding tert-OH is 1. The molecular weight excluding hydrogens is 244 g/mol. The van der Waals surface area contributed by atoms with Gasteiger partial charge in [0.15, 0.2) is 6.61 Å². The molecule has 3 N–H and O–H groups in total. The number of rotatable bonds is 5. The zero-order valence-corrected chi connectivity index (χ0v) is 11.3. The molecule has 1 aromatic carbocycles. The van der Waals surface area contributed by atoms with Crippen LogP contribution in [0.1, 0.15) is 25.8 Å². The van der Waals surface area contributed by atoms with E-state index in [1.165, 1.54) is 0 Å². The minimum Gasteiger partial charge on any atom is -0.482 e. The zero-order chi connectivity index (χ0) is 13.9. The summed E-state index contributed by atoms with van der Waals surface area (Å²) in [5, 5.41) is 15.5. The molecule has 5 nitrogen and oxygen atoms in total. The monoisotopic (exact) mass is 264 g/mol. The quantitative estimate of drug-likeness (QED) is 0.749. The summed E-state index contributed by atoms with van der Waals surface area (Å²) in [4.78, 5) is 11.3. The largest absolute Gasteiger partial charge is 0.482 e. The summed E-state index contributed by atoms with van der Waals surface area (Å²) in [6.07, 6.45) is 0.842. The van der Waals surface area contributed by atoms with Gasteiger partial charge in [-0.2, -0.15) is 0 Å². The number of nitrogens with one attached hydrogen (secondary N) is 2. The van der Waals surface area contributed by atoms with E-state index < -0.39 is 0 Å². The Kier molecular flexibility index (Phi) is 4.07. The molecule has 104 valence electrons. The predicted octanol–water partition coefficient (Wildman–Crippen LogP) is 1.27. The Hall–Kier alpha value is -1.59. The lowest BCUT2D eigenvalue weighted by Gasteiger charge is -2.27. The van der Waals surface area contributed by atoms with Crippen LogP contribution in [-0.2, 0) is 11.3 Å². The van der Waals surface area contributed by atoms with E-state index >= 15 is 0 Å². The number of hydrogen-bond donors (Lipinski definition) is 3. The number of aliphatic hydroxyl groups is 1. The maximum Gasteiger partial charge on any atom is 0.262 e. The van der Waals surface area contributed by atoms with Crippen molar-refractivity contribution in [3.8, 4) is 5.75 Å². The Bertz CT molecular complexity index is 470. The Morgan fingerprint density at radius 1 is 1.53 bits per heavy atom.